The van der Waals surface area contributed by atoms with Gasteiger partial charge in [0.15, 0.2) is 0 Å². The highest BCUT2D eigenvalue weighted by Crippen LogP contribution is 2.46. The lowest BCUT2D eigenvalue weighted by molar-refractivity contribution is 0.628. The van der Waals surface area contributed by atoms with E-state index in [9.17, 15) is 0 Å². The number of pyridine rings is 2. The van der Waals surface area contributed by atoms with Crippen LogP contribution in [0.3, 0.4) is 0 Å². The van der Waals surface area contributed by atoms with Gasteiger partial charge in [-0.1, -0.05) is 32.0 Å². The fourth-order valence-corrected chi connectivity index (χ4v) is 3.91. The first-order valence-electron chi connectivity index (χ1n) is 7.52. The lowest BCUT2D eigenvalue weighted by Gasteiger charge is -2.34. The molecule has 0 bridgehead atoms. The van der Waals surface area contributed by atoms with Crippen LogP contribution in [0.5, 0.6) is 0 Å². The molecule has 0 saturated heterocycles. The number of aromatic nitrogens is 3. The zero-order chi connectivity index (χ0) is 14.9. The first kappa shape index (κ1) is 11.9. The Labute approximate surface area is 128 Å². The standard InChI is InChI=1S/C19H15N3/c1-19(2)14-7-9-21-11-17(14)22-16-10-20-8-6-12(16)13-4-3-5-15(19)18(13)22/h3-11H,1-2H3. The number of hydrogen-bond donors (Lipinski definition) is 0. The van der Waals surface area contributed by atoms with Crippen molar-refractivity contribution in [1.82, 2.24) is 14.5 Å². The molecule has 0 spiro atoms. The normalized spacial score (nSPS) is 15.2. The van der Waals surface area contributed by atoms with Crippen molar-refractivity contribution in [2.24, 2.45) is 0 Å². The number of hydrogen-bond acceptors (Lipinski definition) is 2. The Morgan fingerprint density at radius 3 is 2.59 bits per heavy atom. The molecule has 1 aromatic carbocycles. The van der Waals surface area contributed by atoms with Gasteiger partial charge in [0, 0.05) is 28.6 Å². The van der Waals surface area contributed by atoms with Gasteiger partial charge in [0.05, 0.1) is 29.1 Å². The van der Waals surface area contributed by atoms with Crippen molar-refractivity contribution in [2.75, 3.05) is 0 Å². The van der Waals surface area contributed by atoms with E-state index in [-0.39, 0.29) is 5.41 Å². The highest BCUT2D eigenvalue weighted by molar-refractivity contribution is 6.11. The zero-order valence-electron chi connectivity index (χ0n) is 12.5. The molecule has 0 aliphatic carbocycles. The predicted octanol–water partition coefficient (Wildman–Crippen LogP) is 4.21. The molecule has 0 unspecified atom stereocenters. The topological polar surface area (TPSA) is 30.7 Å². The first-order valence-corrected chi connectivity index (χ1v) is 7.52. The summed E-state index contributed by atoms with van der Waals surface area (Å²) >= 11 is 0. The molecule has 4 heterocycles. The van der Waals surface area contributed by atoms with Gasteiger partial charge >= 0.3 is 0 Å². The second kappa shape index (κ2) is 3.74. The van der Waals surface area contributed by atoms with E-state index in [0.29, 0.717) is 0 Å². The second-order valence-electron chi connectivity index (χ2n) is 6.45. The van der Waals surface area contributed by atoms with E-state index in [1.54, 1.807) is 0 Å². The molecule has 0 N–H and O–H groups in total. The summed E-state index contributed by atoms with van der Waals surface area (Å²) in [5, 5.41) is 2.54. The molecular weight excluding hydrogens is 270 g/mol. The van der Waals surface area contributed by atoms with Gasteiger partial charge in [-0.3, -0.25) is 9.97 Å². The van der Waals surface area contributed by atoms with E-state index >= 15 is 0 Å². The average Bonchev–Trinajstić information content (AvgIpc) is 2.88. The summed E-state index contributed by atoms with van der Waals surface area (Å²) in [5.74, 6) is 0. The van der Waals surface area contributed by atoms with Crippen LogP contribution in [0.4, 0.5) is 0 Å². The van der Waals surface area contributed by atoms with Crippen LogP contribution >= 0.6 is 0 Å². The highest BCUT2D eigenvalue weighted by Gasteiger charge is 2.34. The molecular formula is C19H15N3. The van der Waals surface area contributed by atoms with Crippen molar-refractivity contribution in [2.45, 2.75) is 19.3 Å². The van der Waals surface area contributed by atoms with E-state index in [1.165, 1.54) is 33.1 Å². The van der Waals surface area contributed by atoms with Crippen molar-refractivity contribution in [1.29, 1.82) is 0 Å². The van der Waals surface area contributed by atoms with Crippen LogP contribution in [-0.4, -0.2) is 14.5 Å². The molecule has 3 heteroatoms. The molecule has 0 saturated carbocycles. The van der Waals surface area contributed by atoms with Crippen LogP contribution < -0.4 is 0 Å². The van der Waals surface area contributed by atoms with E-state index in [0.717, 1.165) is 5.52 Å². The Bertz CT molecular complexity index is 1060. The van der Waals surface area contributed by atoms with Gasteiger partial charge in [-0.2, -0.15) is 0 Å². The highest BCUT2D eigenvalue weighted by atomic mass is 15.0. The van der Waals surface area contributed by atoms with Crippen molar-refractivity contribution in [3.63, 3.8) is 0 Å². The number of fused-ring (bicyclic) bond motifs is 5. The van der Waals surface area contributed by atoms with E-state index in [4.69, 9.17) is 0 Å². The van der Waals surface area contributed by atoms with Crippen LogP contribution in [0.2, 0.25) is 0 Å². The molecule has 0 atom stereocenters. The smallest absolute Gasteiger partial charge is 0.0725 e. The summed E-state index contributed by atoms with van der Waals surface area (Å²) in [5.41, 5.74) is 6.24. The molecule has 3 nitrogen and oxygen atoms in total. The van der Waals surface area contributed by atoms with Crippen LogP contribution in [0, 0.1) is 0 Å². The molecule has 22 heavy (non-hydrogen) atoms. The maximum Gasteiger partial charge on any atom is 0.0725 e. The largest absolute Gasteiger partial charge is 0.306 e. The molecule has 0 fully saturated rings. The Hall–Kier alpha value is -2.68. The average molecular weight is 285 g/mol. The minimum atomic E-state index is -0.0322. The third kappa shape index (κ3) is 1.23. The predicted molar refractivity (Wildman–Crippen MR) is 88.5 cm³/mol. The van der Waals surface area contributed by atoms with E-state index in [2.05, 4.69) is 58.7 Å². The molecule has 1 aliphatic heterocycles. The van der Waals surface area contributed by atoms with Crippen LogP contribution in [0.15, 0.2) is 55.1 Å². The number of para-hydroxylation sites is 1. The second-order valence-corrected chi connectivity index (χ2v) is 6.45. The van der Waals surface area contributed by atoms with Gasteiger partial charge in [0.1, 0.15) is 0 Å². The fourth-order valence-electron chi connectivity index (χ4n) is 3.91. The van der Waals surface area contributed by atoms with Crippen LogP contribution in [0.25, 0.3) is 27.5 Å². The maximum absolute atomic E-state index is 4.37. The lowest BCUT2D eigenvalue weighted by Crippen LogP contribution is -2.26. The summed E-state index contributed by atoms with van der Waals surface area (Å²) in [6.45, 7) is 4.58. The minimum absolute atomic E-state index is 0.0322. The van der Waals surface area contributed by atoms with E-state index < -0.39 is 0 Å². The quantitative estimate of drug-likeness (QED) is 0.484. The van der Waals surface area contributed by atoms with Crippen molar-refractivity contribution in [3.05, 3.63) is 66.2 Å². The first-order chi connectivity index (χ1) is 10.7. The lowest BCUT2D eigenvalue weighted by atomic mass is 9.75. The van der Waals surface area contributed by atoms with Crippen molar-refractivity contribution < 1.29 is 0 Å². The summed E-state index contributed by atoms with van der Waals surface area (Å²) in [7, 11) is 0. The van der Waals surface area contributed by atoms with Gasteiger partial charge in [-0.05, 0) is 23.3 Å². The third-order valence-electron chi connectivity index (χ3n) is 4.98. The van der Waals surface area contributed by atoms with Crippen LogP contribution in [0.1, 0.15) is 25.0 Å². The molecule has 0 radical (unpaired) electrons. The maximum atomic E-state index is 4.37. The molecule has 5 rings (SSSR count). The summed E-state index contributed by atoms with van der Waals surface area (Å²) < 4.78 is 2.32. The van der Waals surface area contributed by atoms with Crippen LogP contribution in [-0.2, 0) is 5.41 Å². The molecule has 3 aromatic heterocycles. The summed E-state index contributed by atoms with van der Waals surface area (Å²) in [6, 6.07) is 10.9. The minimum Gasteiger partial charge on any atom is -0.306 e. The number of benzene rings is 1. The molecule has 4 aromatic rings. The Balaban J connectivity index is 2.15. The van der Waals surface area contributed by atoms with E-state index in [1.807, 2.05) is 24.8 Å². The number of rotatable bonds is 0. The Morgan fingerprint density at radius 1 is 0.864 bits per heavy atom. The zero-order valence-corrected chi connectivity index (χ0v) is 12.5. The Morgan fingerprint density at radius 2 is 1.68 bits per heavy atom. The molecule has 106 valence electrons. The van der Waals surface area contributed by atoms with Crippen molar-refractivity contribution in [3.8, 4) is 5.69 Å². The van der Waals surface area contributed by atoms with Gasteiger partial charge < -0.3 is 4.57 Å². The van der Waals surface area contributed by atoms with Gasteiger partial charge in [-0.25, -0.2) is 0 Å². The Kier molecular flexibility index (Phi) is 2.03. The summed E-state index contributed by atoms with van der Waals surface area (Å²) in [6.07, 6.45) is 7.68. The van der Waals surface area contributed by atoms with Gasteiger partial charge in [-0.15, -0.1) is 0 Å². The fraction of sp³-hybridized carbons (Fsp3) is 0.158. The van der Waals surface area contributed by atoms with Gasteiger partial charge in [0.25, 0.3) is 0 Å². The van der Waals surface area contributed by atoms with Gasteiger partial charge in [0.2, 0.25) is 0 Å². The third-order valence-corrected chi connectivity index (χ3v) is 4.98. The molecule has 0 amide bonds. The molecule has 1 aliphatic rings. The monoisotopic (exact) mass is 285 g/mol. The van der Waals surface area contributed by atoms with Crippen molar-refractivity contribution >= 4 is 21.8 Å². The SMILES string of the molecule is CC1(C)c2ccncc2-n2c3cnccc3c3cccc1c32. The number of nitrogens with zero attached hydrogens (tertiary/aromatic N) is 3. The summed E-state index contributed by atoms with van der Waals surface area (Å²) in [4.78, 5) is 8.71.